The summed E-state index contributed by atoms with van der Waals surface area (Å²) in [6.45, 7) is 0. The molecule has 2 aromatic carbocycles. The van der Waals surface area contributed by atoms with Crippen LogP contribution < -0.4 is 4.72 Å². The molecule has 0 atom stereocenters. The first-order chi connectivity index (χ1) is 12.4. The van der Waals surface area contributed by atoms with Gasteiger partial charge >= 0.3 is 0 Å². The molecule has 0 spiro atoms. The number of nitrogens with zero attached hydrogens (tertiary/aromatic N) is 1. The summed E-state index contributed by atoms with van der Waals surface area (Å²) in [4.78, 5) is 16.6. The molecule has 0 fully saturated rings. The number of pyridine rings is 1. The SMILES string of the molecule is O=C(c1ccccc1)c1ncccc1NS(=O)(=O)c1ccc(Cl)c(Cl)c1. The van der Waals surface area contributed by atoms with Crippen LogP contribution in [-0.4, -0.2) is 19.2 Å². The van der Waals surface area contributed by atoms with E-state index in [9.17, 15) is 13.2 Å². The minimum atomic E-state index is -3.98. The predicted molar refractivity (Wildman–Crippen MR) is 101 cm³/mol. The van der Waals surface area contributed by atoms with Gasteiger partial charge in [0.25, 0.3) is 10.0 Å². The Balaban J connectivity index is 1.98. The third-order valence-electron chi connectivity index (χ3n) is 3.50. The van der Waals surface area contributed by atoms with E-state index in [1.54, 1.807) is 30.3 Å². The van der Waals surface area contributed by atoms with Crippen LogP contribution >= 0.6 is 23.2 Å². The minimum absolute atomic E-state index is 0.00216. The number of carbonyl (C=O) groups excluding carboxylic acids is 1. The zero-order valence-corrected chi connectivity index (χ0v) is 15.5. The molecule has 1 N–H and O–H groups in total. The lowest BCUT2D eigenvalue weighted by atomic mass is 10.1. The van der Waals surface area contributed by atoms with E-state index in [0.29, 0.717) is 5.56 Å². The van der Waals surface area contributed by atoms with Crippen LogP contribution in [0.5, 0.6) is 0 Å². The van der Waals surface area contributed by atoms with Crippen LogP contribution in [0, 0.1) is 0 Å². The average molecular weight is 407 g/mol. The summed E-state index contributed by atoms with van der Waals surface area (Å²) in [5.41, 5.74) is 0.482. The molecule has 0 saturated heterocycles. The zero-order chi connectivity index (χ0) is 18.7. The lowest BCUT2D eigenvalue weighted by Crippen LogP contribution is -2.17. The molecule has 0 aliphatic rings. The van der Waals surface area contributed by atoms with Gasteiger partial charge in [-0.15, -0.1) is 0 Å². The number of aromatic nitrogens is 1. The first-order valence-corrected chi connectivity index (χ1v) is 9.65. The Bertz CT molecular complexity index is 1070. The molecule has 1 heterocycles. The molecular weight excluding hydrogens is 395 g/mol. The third-order valence-corrected chi connectivity index (χ3v) is 5.61. The molecule has 8 heteroatoms. The molecule has 0 radical (unpaired) electrons. The highest BCUT2D eigenvalue weighted by atomic mass is 35.5. The Morgan fingerprint density at radius 3 is 2.35 bits per heavy atom. The lowest BCUT2D eigenvalue weighted by Gasteiger charge is -2.12. The Labute approximate surface area is 160 Å². The molecule has 0 aliphatic carbocycles. The Kier molecular flexibility index (Phi) is 5.27. The lowest BCUT2D eigenvalue weighted by molar-refractivity contribution is 0.103. The fourth-order valence-corrected chi connectivity index (χ4v) is 3.70. The number of halogens is 2. The van der Waals surface area contributed by atoms with Gasteiger partial charge in [0.05, 0.1) is 20.6 Å². The maximum absolute atomic E-state index is 12.7. The fourth-order valence-electron chi connectivity index (χ4n) is 2.24. The van der Waals surface area contributed by atoms with Crippen molar-refractivity contribution in [3.05, 3.63) is 88.2 Å². The summed E-state index contributed by atoms with van der Waals surface area (Å²) in [6.07, 6.45) is 1.42. The molecule has 0 aliphatic heterocycles. The van der Waals surface area contributed by atoms with Crippen LogP contribution in [0.2, 0.25) is 10.0 Å². The first-order valence-electron chi connectivity index (χ1n) is 7.41. The zero-order valence-electron chi connectivity index (χ0n) is 13.2. The number of hydrogen-bond acceptors (Lipinski definition) is 4. The third kappa shape index (κ3) is 3.88. The summed E-state index contributed by atoms with van der Waals surface area (Å²) < 4.78 is 27.6. The maximum atomic E-state index is 12.7. The molecule has 0 bridgehead atoms. The maximum Gasteiger partial charge on any atom is 0.262 e. The van der Waals surface area contributed by atoms with Crippen molar-refractivity contribution in [3.63, 3.8) is 0 Å². The number of sulfonamides is 1. The van der Waals surface area contributed by atoms with Gasteiger partial charge in [0, 0.05) is 11.8 Å². The van der Waals surface area contributed by atoms with Crippen LogP contribution in [0.4, 0.5) is 5.69 Å². The molecule has 3 rings (SSSR count). The van der Waals surface area contributed by atoms with Gasteiger partial charge in [-0.25, -0.2) is 8.42 Å². The predicted octanol–water partition coefficient (Wildman–Crippen LogP) is 4.42. The highest BCUT2D eigenvalue weighted by molar-refractivity contribution is 7.92. The minimum Gasteiger partial charge on any atom is -0.287 e. The molecule has 3 aromatic rings. The molecule has 132 valence electrons. The molecule has 26 heavy (non-hydrogen) atoms. The van der Waals surface area contributed by atoms with Gasteiger partial charge in [0.1, 0.15) is 5.69 Å². The summed E-state index contributed by atoms with van der Waals surface area (Å²) in [5.74, 6) is -0.391. The van der Waals surface area contributed by atoms with Crippen molar-refractivity contribution >= 4 is 44.7 Å². The van der Waals surface area contributed by atoms with Crippen molar-refractivity contribution < 1.29 is 13.2 Å². The fraction of sp³-hybridized carbons (Fsp3) is 0. The van der Waals surface area contributed by atoms with E-state index in [2.05, 4.69) is 9.71 Å². The molecule has 5 nitrogen and oxygen atoms in total. The van der Waals surface area contributed by atoms with E-state index in [1.807, 2.05) is 0 Å². The number of benzene rings is 2. The van der Waals surface area contributed by atoms with E-state index >= 15 is 0 Å². The Morgan fingerprint density at radius 2 is 1.65 bits per heavy atom. The number of rotatable bonds is 5. The van der Waals surface area contributed by atoms with Crippen molar-refractivity contribution in [2.45, 2.75) is 4.90 Å². The second-order valence-electron chi connectivity index (χ2n) is 5.28. The van der Waals surface area contributed by atoms with E-state index in [4.69, 9.17) is 23.2 Å². The molecule has 0 amide bonds. The van der Waals surface area contributed by atoms with Crippen molar-refractivity contribution in [2.24, 2.45) is 0 Å². The van der Waals surface area contributed by atoms with Gasteiger partial charge < -0.3 is 0 Å². The highest BCUT2D eigenvalue weighted by Gasteiger charge is 2.21. The quantitative estimate of drug-likeness (QED) is 0.636. The van der Waals surface area contributed by atoms with Gasteiger partial charge in [-0.2, -0.15) is 0 Å². The molecule has 0 unspecified atom stereocenters. The molecular formula is C18H12Cl2N2O3S. The Morgan fingerprint density at radius 1 is 0.923 bits per heavy atom. The monoisotopic (exact) mass is 406 g/mol. The summed E-state index contributed by atoms with van der Waals surface area (Å²) in [6, 6.07) is 15.4. The summed E-state index contributed by atoms with van der Waals surface area (Å²) >= 11 is 11.7. The van der Waals surface area contributed by atoms with Gasteiger partial charge in [-0.05, 0) is 30.3 Å². The van der Waals surface area contributed by atoms with E-state index in [0.717, 1.165) is 0 Å². The number of carbonyl (C=O) groups is 1. The second-order valence-corrected chi connectivity index (χ2v) is 7.77. The van der Waals surface area contributed by atoms with Crippen molar-refractivity contribution in [2.75, 3.05) is 4.72 Å². The van der Waals surface area contributed by atoms with Gasteiger partial charge in [-0.3, -0.25) is 14.5 Å². The smallest absolute Gasteiger partial charge is 0.262 e. The van der Waals surface area contributed by atoms with Gasteiger partial charge in [-0.1, -0.05) is 53.5 Å². The molecule has 1 aromatic heterocycles. The Hall–Kier alpha value is -2.41. The summed E-state index contributed by atoms with van der Waals surface area (Å²) in [7, 11) is -3.98. The standard InChI is InChI=1S/C18H12Cl2N2O3S/c19-14-9-8-13(11-15(14)20)26(24,25)22-16-7-4-10-21-17(16)18(23)12-5-2-1-3-6-12/h1-11,22H. The normalized spacial score (nSPS) is 11.2. The summed E-state index contributed by atoms with van der Waals surface area (Å²) in [5, 5.41) is 0.355. The van der Waals surface area contributed by atoms with Crippen LogP contribution in [0.25, 0.3) is 0 Å². The largest absolute Gasteiger partial charge is 0.287 e. The highest BCUT2D eigenvalue weighted by Crippen LogP contribution is 2.27. The van der Waals surface area contributed by atoms with Crippen LogP contribution in [0.3, 0.4) is 0 Å². The van der Waals surface area contributed by atoms with E-state index < -0.39 is 15.8 Å². The topological polar surface area (TPSA) is 76.1 Å². The van der Waals surface area contributed by atoms with Crippen LogP contribution in [0.15, 0.2) is 71.8 Å². The number of ketones is 1. The number of hydrogen-bond donors (Lipinski definition) is 1. The van der Waals surface area contributed by atoms with Gasteiger partial charge in [0.2, 0.25) is 5.78 Å². The van der Waals surface area contributed by atoms with E-state index in [-0.39, 0.29) is 26.3 Å². The number of nitrogens with one attached hydrogen (secondary N) is 1. The van der Waals surface area contributed by atoms with E-state index in [1.165, 1.54) is 36.5 Å². The van der Waals surface area contributed by atoms with Crippen molar-refractivity contribution in [1.82, 2.24) is 4.98 Å². The van der Waals surface area contributed by atoms with Crippen molar-refractivity contribution in [1.29, 1.82) is 0 Å². The van der Waals surface area contributed by atoms with Crippen LogP contribution in [0.1, 0.15) is 16.1 Å². The van der Waals surface area contributed by atoms with Crippen molar-refractivity contribution in [3.8, 4) is 0 Å². The first kappa shape index (κ1) is 18.4. The number of anilines is 1. The molecule has 0 saturated carbocycles. The second kappa shape index (κ2) is 7.45. The van der Waals surface area contributed by atoms with Gasteiger partial charge in [0.15, 0.2) is 0 Å². The average Bonchev–Trinajstić information content (AvgIpc) is 2.64. The van der Waals surface area contributed by atoms with Crippen LogP contribution in [-0.2, 0) is 10.0 Å².